The predicted octanol–water partition coefficient (Wildman–Crippen LogP) is 4.10. The molecule has 2 nitrogen and oxygen atoms in total. The van der Waals surface area contributed by atoms with Crippen molar-refractivity contribution in [1.82, 2.24) is 0 Å². The molecule has 0 radical (unpaired) electrons. The molecule has 4 heteroatoms. The van der Waals surface area contributed by atoms with Crippen molar-refractivity contribution < 1.29 is 9.84 Å². The summed E-state index contributed by atoms with van der Waals surface area (Å²) in [5.41, 5.74) is 3.11. The molecule has 0 saturated heterocycles. The molecule has 0 bridgehead atoms. The van der Waals surface area contributed by atoms with Crippen LogP contribution in [0.1, 0.15) is 36.6 Å². The SMILES string of the molecule is CC1(C)COc2ccc(C(O)c3csc(I)c3)cc21. The summed E-state index contributed by atoms with van der Waals surface area (Å²) in [7, 11) is 0. The molecular formula is C15H15IO2S. The van der Waals surface area contributed by atoms with Crippen molar-refractivity contribution >= 4 is 33.9 Å². The molecule has 100 valence electrons. The van der Waals surface area contributed by atoms with E-state index in [2.05, 4.69) is 42.5 Å². The van der Waals surface area contributed by atoms with Gasteiger partial charge >= 0.3 is 0 Å². The average Bonchev–Trinajstić information content (AvgIpc) is 2.93. The molecule has 1 aliphatic heterocycles. The van der Waals surface area contributed by atoms with Crippen LogP contribution >= 0.6 is 33.9 Å². The maximum absolute atomic E-state index is 10.5. The van der Waals surface area contributed by atoms with Crippen molar-refractivity contribution in [2.75, 3.05) is 6.61 Å². The molecule has 0 aliphatic carbocycles. The molecule has 0 fully saturated rings. The lowest BCUT2D eigenvalue weighted by Gasteiger charge is -2.17. The highest BCUT2D eigenvalue weighted by Gasteiger charge is 2.32. The van der Waals surface area contributed by atoms with Crippen molar-refractivity contribution in [3.8, 4) is 5.75 Å². The second-order valence-electron chi connectivity index (χ2n) is 5.51. The molecular weight excluding hydrogens is 371 g/mol. The van der Waals surface area contributed by atoms with Gasteiger partial charge in [-0.1, -0.05) is 19.9 Å². The third-order valence-electron chi connectivity index (χ3n) is 3.54. The Kier molecular flexibility index (Phi) is 3.35. The van der Waals surface area contributed by atoms with Gasteiger partial charge in [0.2, 0.25) is 0 Å². The van der Waals surface area contributed by atoms with E-state index in [1.165, 1.54) is 8.45 Å². The molecule has 0 spiro atoms. The third kappa shape index (κ3) is 2.41. The van der Waals surface area contributed by atoms with Gasteiger partial charge in [-0.15, -0.1) is 11.3 Å². The van der Waals surface area contributed by atoms with Gasteiger partial charge in [0.15, 0.2) is 0 Å². The van der Waals surface area contributed by atoms with Gasteiger partial charge in [-0.05, 0) is 57.3 Å². The summed E-state index contributed by atoms with van der Waals surface area (Å²) in [5, 5.41) is 12.5. The van der Waals surface area contributed by atoms with Crippen LogP contribution in [0.5, 0.6) is 5.75 Å². The normalized spacial score (nSPS) is 17.9. The van der Waals surface area contributed by atoms with Crippen molar-refractivity contribution in [3.05, 3.63) is 49.2 Å². The first-order valence-corrected chi connectivity index (χ1v) is 8.12. The molecule has 1 aromatic heterocycles. The van der Waals surface area contributed by atoms with Crippen LogP contribution in [0.25, 0.3) is 0 Å². The quantitative estimate of drug-likeness (QED) is 0.788. The maximum Gasteiger partial charge on any atom is 0.123 e. The van der Waals surface area contributed by atoms with E-state index < -0.39 is 6.10 Å². The number of fused-ring (bicyclic) bond motifs is 1. The maximum atomic E-state index is 10.5. The highest BCUT2D eigenvalue weighted by Crippen LogP contribution is 2.40. The molecule has 1 atom stereocenters. The monoisotopic (exact) mass is 386 g/mol. The number of thiophene rings is 1. The summed E-state index contributed by atoms with van der Waals surface area (Å²) < 4.78 is 6.87. The molecule has 2 aromatic rings. The molecule has 1 N–H and O–H groups in total. The second kappa shape index (κ2) is 4.75. The summed E-state index contributed by atoms with van der Waals surface area (Å²) in [6.45, 7) is 5.04. The van der Waals surface area contributed by atoms with E-state index in [0.29, 0.717) is 6.61 Å². The highest BCUT2D eigenvalue weighted by molar-refractivity contribution is 14.1. The summed E-state index contributed by atoms with van der Waals surface area (Å²) in [6.07, 6.45) is -0.554. The lowest BCUT2D eigenvalue weighted by Crippen LogP contribution is -2.18. The Morgan fingerprint density at radius 1 is 1.32 bits per heavy atom. The fourth-order valence-corrected chi connectivity index (χ4v) is 3.76. The van der Waals surface area contributed by atoms with E-state index in [9.17, 15) is 5.11 Å². The molecule has 3 rings (SSSR count). The molecule has 0 saturated carbocycles. The van der Waals surface area contributed by atoms with Gasteiger partial charge < -0.3 is 9.84 Å². The Hall–Kier alpha value is -0.590. The average molecular weight is 386 g/mol. The number of ether oxygens (including phenoxy) is 1. The number of benzene rings is 1. The Labute approximate surface area is 130 Å². The zero-order valence-corrected chi connectivity index (χ0v) is 13.8. The summed E-state index contributed by atoms with van der Waals surface area (Å²) in [5.74, 6) is 0.945. The van der Waals surface area contributed by atoms with Gasteiger partial charge in [-0.3, -0.25) is 0 Å². The van der Waals surface area contributed by atoms with Crippen molar-refractivity contribution in [3.63, 3.8) is 0 Å². The molecule has 0 amide bonds. The smallest absolute Gasteiger partial charge is 0.123 e. The van der Waals surface area contributed by atoms with Crippen LogP contribution in [0, 0.1) is 2.88 Å². The van der Waals surface area contributed by atoms with Gasteiger partial charge in [0, 0.05) is 11.0 Å². The number of aliphatic hydroxyl groups is 1. The third-order valence-corrected chi connectivity index (χ3v) is 5.35. The number of aliphatic hydroxyl groups excluding tert-OH is 1. The van der Waals surface area contributed by atoms with E-state index >= 15 is 0 Å². The van der Waals surface area contributed by atoms with Crippen LogP contribution in [0.2, 0.25) is 0 Å². The minimum Gasteiger partial charge on any atom is -0.492 e. The van der Waals surface area contributed by atoms with Crippen molar-refractivity contribution in [2.45, 2.75) is 25.4 Å². The van der Waals surface area contributed by atoms with Gasteiger partial charge in [0.05, 0.1) is 9.49 Å². The first-order chi connectivity index (χ1) is 8.97. The van der Waals surface area contributed by atoms with Crippen LogP contribution in [0.15, 0.2) is 29.6 Å². The fraction of sp³-hybridized carbons (Fsp3) is 0.333. The Morgan fingerprint density at radius 2 is 2.11 bits per heavy atom. The largest absolute Gasteiger partial charge is 0.492 e. The number of rotatable bonds is 2. The number of halogens is 1. The van der Waals surface area contributed by atoms with E-state index in [4.69, 9.17) is 4.74 Å². The van der Waals surface area contributed by atoms with Crippen LogP contribution in [-0.4, -0.2) is 11.7 Å². The van der Waals surface area contributed by atoms with Gasteiger partial charge in [0.1, 0.15) is 11.9 Å². The van der Waals surface area contributed by atoms with Crippen LogP contribution in [0.4, 0.5) is 0 Å². The zero-order chi connectivity index (χ0) is 13.6. The minimum atomic E-state index is -0.554. The van der Waals surface area contributed by atoms with Gasteiger partial charge in [0.25, 0.3) is 0 Å². The van der Waals surface area contributed by atoms with E-state index in [-0.39, 0.29) is 5.41 Å². The van der Waals surface area contributed by atoms with E-state index in [0.717, 1.165) is 16.9 Å². The van der Waals surface area contributed by atoms with E-state index in [1.54, 1.807) is 11.3 Å². The summed E-state index contributed by atoms with van der Waals surface area (Å²) >= 11 is 3.93. The first kappa shape index (κ1) is 13.4. The highest BCUT2D eigenvalue weighted by atomic mass is 127. The molecule has 19 heavy (non-hydrogen) atoms. The van der Waals surface area contributed by atoms with Crippen molar-refractivity contribution in [1.29, 1.82) is 0 Å². The first-order valence-electron chi connectivity index (χ1n) is 6.16. The Balaban J connectivity index is 1.99. The van der Waals surface area contributed by atoms with Crippen LogP contribution in [-0.2, 0) is 5.41 Å². The predicted molar refractivity (Wildman–Crippen MR) is 86.1 cm³/mol. The fourth-order valence-electron chi connectivity index (χ4n) is 2.37. The molecule has 2 heterocycles. The lowest BCUT2D eigenvalue weighted by atomic mass is 9.85. The summed E-state index contributed by atoms with van der Waals surface area (Å²) in [6, 6.07) is 8.04. The van der Waals surface area contributed by atoms with Crippen LogP contribution < -0.4 is 4.74 Å². The second-order valence-corrected chi connectivity index (χ2v) is 8.32. The van der Waals surface area contributed by atoms with Gasteiger partial charge in [-0.25, -0.2) is 0 Å². The Bertz CT molecular complexity index is 618. The lowest BCUT2D eigenvalue weighted by molar-refractivity contribution is 0.220. The van der Waals surface area contributed by atoms with Gasteiger partial charge in [-0.2, -0.15) is 0 Å². The molecule has 1 aromatic carbocycles. The minimum absolute atomic E-state index is 0.0220. The zero-order valence-electron chi connectivity index (χ0n) is 10.8. The topological polar surface area (TPSA) is 29.5 Å². The number of hydrogen-bond donors (Lipinski definition) is 1. The van der Waals surface area contributed by atoms with Crippen LogP contribution in [0.3, 0.4) is 0 Å². The summed E-state index contributed by atoms with van der Waals surface area (Å²) in [4.78, 5) is 0. The Morgan fingerprint density at radius 3 is 2.79 bits per heavy atom. The standard InChI is InChI=1S/C15H15IO2S/c1-15(2)8-18-12-4-3-9(5-11(12)15)14(17)10-6-13(16)19-7-10/h3-7,14,17H,8H2,1-2H3. The van der Waals surface area contributed by atoms with E-state index in [1.807, 2.05) is 23.6 Å². The van der Waals surface area contributed by atoms with Crippen molar-refractivity contribution in [2.24, 2.45) is 0 Å². The number of hydrogen-bond acceptors (Lipinski definition) is 3. The molecule has 1 aliphatic rings. The molecule has 1 unspecified atom stereocenters.